The van der Waals surface area contributed by atoms with E-state index in [9.17, 15) is 9.59 Å². The van der Waals surface area contributed by atoms with Crippen molar-refractivity contribution in [2.24, 2.45) is 0 Å². The van der Waals surface area contributed by atoms with Gasteiger partial charge in [0.05, 0.1) is 6.04 Å². The zero-order chi connectivity index (χ0) is 14.7. The first-order chi connectivity index (χ1) is 9.45. The molecule has 2 heterocycles. The summed E-state index contributed by atoms with van der Waals surface area (Å²) in [5, 5.41) is 5.49. The lowest BCUT2D eigenvalue weighted by molar-refractivity contribution is -0.129. The van der Waals surface area contributed by atoms with Gasteiger partial charge in [0.15, 0.2) is 0 Å². The van der Waals surface area contributed by atoms with Gasteiger partial charge in [-0.25, -0.2) is 9.78 Å². The van der Waals surface area contributed by atoms with Gasteiger partial charge in [-0.1, -0.05) is 6.07 Å². The van der Waals surface area contributed by atoms with Crippen molar-refractivity contribution in [1.82, 2.24) is 15.2 Å². The van der Waals surface area contributed by atoms with E-state index in [0.29, 0.717) is 18.8 Å². The number of nitrogens with one attached hydrogen (secondary N) is 2. The molecule has 0 radical (unpaired) electrons. The highest BCUT2D eigenvalue weighted by Crippen LogP contribution is 2.14. The van der Waals surface area contributed by atoms with Crippen LogP contribution in [-0.4, -0.2) is 40.5 Å². The fraction of sp³-hybridized carbons (Fsp3) is 0.500. The predicted molar refractivity (Wildman–Crippen MR) is 76.4 cm³/mol. The lowest BCUT2D eigenvalue weighted by atomic mass is 10.2. The van der Waals surface area contributed by atoms with Crippen LogP contribution in [0, 0.1) is 6.92 Å². The van der Waals surface area contributed by atoms with Crippen LogP contribution in [0.1, 0.15) is 26.0 Å². The molecule has 6 nitrogen and oxygen atoms in total. The number of urea groups is 1. The molecule has 0 saturated carbocycles. The van der Waals surface area contributed by atoms with Gasteiger partial charge < -0.3 is 10.2 Å². The van der Waals surface area contributed by atoms with Crippen LogP contribution in [-0.2, 0) is 4.79 Å². The van der Waals surface area contributed by atoms with E-state index in [1.54, 1.807) is 11.0 Å². The van der Waals surface area contributed by atoms with Crippen LogP contribution in [0.25, 0.3) is 0 Å². The highest BCUT2D eigenvalue weighted by Gasteiger charge is 2.31. The van der Waals surface area contributed by atoms with Crippen molar-refractivity contribution in [3.63, 3.8) is 0 Å². The maximum Gasteiger partial charge on any atom is 0.320 e. The number of rotatable bonds is 3. The maximum atomic E-state index is 11.9. The van der Waals surface area contributed by atoms with Crippen molar-refractivity contribution in [3.8, 4) is 0 Å². The van der Waals surface area contributed by atoms with Gasteiger partial charge >= 0.3 is 6.03 Å². The molecule has 1 saturated heterocycles. The monoisotopic (exact) mass is 276 g/mol. The molecule has 6 heteroatoms. The number of hydrogen-bond donors (Lipinski definition) is 2. The summed E-state index contributed by atoms with van der Waals surface area (Å²) in [5.41, 5.74) is 0.838. The van der Waals surface area contributed by atoms with Gasteiger partial charge in [0.25, 0.3) is 0 Å². The van der Waals surface area contributed by atoms with Crippen LogP contribution in [0.15, 0.2) is 18.2 Å². The summed E-state index contributed by atoms with van der Waals surface area (Å²) >= 11 is 0. The first kappa shape index (κ1) is 14.3. The average Bonchev–Trinajstić information content (AvgIpc) is 2.70. The molecule has 1 aliphatic heterocycles. The summed E-state index contributed by atoms with van der Waals surface area (Å²) in [6.07, 6.45) is 0.354. The Kier molecular flexibility index (Phi) is 4.22. The Hall–Kier alpha value is -2.11. The van der Waals surface area contributed by atoms with Crippen LogP contribution in [0.4, 0.5) is 10.6 Å². The topological polar surface area (TPSA) is 74.3 Å². The van der Waals surface area contributed by atoms with Gasteiger partial charge in [-0.2, -0.15) is 0 Å². The molecule has 0 aliphatic carbocycles. The standard InChI is InChI=1S/C14H20N4O2/c1-9(2)18-8-11(7-13(18)19)16-14(20)17-12-6-4-5-10(3)15-12/h4-6,9,11H,7-8H2,1-3H3,(H2,15,16,17,20). The summed E-state index contributed by atoms with van der Waals surface area (Å²) < 4.78 is 0. The minimum atomic E-state index is -0.327. The van der Waals surface area contributed by atoms with Gasteiger partial charge in [-0.3, -0.25) is 10.1 Å². The third-order valence-electron chi connectivity index (χ3n) is 3.25. The summed E-state index contributed by atoms with van der Waals surface area (Å²) in [4.78, 5) is 29.6. The Morgan fingerprint density at radius 2 is 2.20 bits per heavy atom. The van der Waals surface area contributed by atoms with Gasteiger partial charge in [-0.05, 0) is 32.9 Å². The predicted octanol–water partition coefficient (Wildman–Crippen LogP) is 1.52. The lowest BCUT2D eigenvalue weighted by Gasteiger charge is -2.21. The van der Waals surface area contributed by atoms with Crippen molar-refractivity contribution in [1.29, 1.82) is 0 Å². The molecule has 1 atom stereocenters. The summed E-state index contributed by atoms with van der Waals surface area (Å²) in [7, 11) is 0. The number of likely N-dealkylation sites (tertiary alicyclic amines) is 1. The SMILES string of the molecule is Cc1cccc(NC(=O)NC2CC(=O)N(C(C)C)C2)n1. The second-order valence-corrected chi connectivity index (χ2v) is 5.30. The summed E-state index contributed by atoms with van der Waals surface area (Å²) in [6, 6.07) is 5.11. The Bertz CT molecular complexity index is 516. The number of anilines is 1. The van der Waals surface area contributed by atoms with E-state index in [2.05, 4.69) is 15.6 Å². The molecule has 20 heavy (non-hydrogen) atoms. The van der Waals surface area contributed by atoms with Gasteiger partial charge in [0, 0.05) is 24.7 Å². The summed E-state index contributed by atoms with van der Waals surface area (Å²) in [5.74, 6) is 0.589. The molecule has 1 unspecified atom stereocenters. The third kappa shape index (κ3) is 3.46. The number of pyridine rings is 1. The van der Waals surface area contributed by atoms with Crippen LogP contribution < -0.4 is 10.6 Å². The number of aryl methyl sites for hydroxylation is 1. The van der Waals surface area contributed by atoms with Gasteiger partial charge in [-0.15, -0.1) is 0 Å². The largest absolute Gasteiger partial charge is 0.338 e. The molecular weight excluding hydrogens is 256 g/mol. The van der Waals surface area contributed by atoms with E-state index < -0.39 is 0 Å². The number of hydrogen-bond acceptors (Lipinski definition) is 3. The highest BCUT2D eigenvalue weighted by molar-refractivity contribution is 5.89. The molecule has 0 aromatic carbocycles. The smallest absolute Gasteiger partial charge is 0.320 e. The van der Waals surface area contributed by atoms with Crippen LogP contribution in [0.3, 0.4) is 0 Å². The molecule has 3 amide bonds. The number of aromatic nitrogens is 1. The fourth-order valence-corrected chi connectivity index (χ4v) is 2.28. The third-order valence-corrected chi connectivity index (χ3v) is 3.25. The molecule has 1 fully saturated rings. The van der Waals surface area contributed by atoms with E-state index in [4.69, 9.17) is 0 Å². The van der Waals surface area contributed by atoms with E-state index in [1.807, 2.05) is 32.9 Å². The zero-order valence-electron chi connectivity index (χ0n) is 12.0. The molecule has 108 valence electrons. The zero-order valence-corrected chi connectivity index (χ0v) is 12.0. The summed E-state index contributed by atoms with van der Waals surface area (Å²) in [6.45, 7) is 6.36. The van der Waals surface area contributed by atoms with Crippen molar-refractivity contribution in [3.05, 3.63) is 23.9 Å². The number of carbonyl (C=O) groups is 2. The maximum absolute atomic E-state index is 11.9. The lowest BCUT2D eigenvalue weighted by Crippen LogP contribution is -2.41. The minimum absolute atomic E-state index is 0.0824. The van der Waals surface area contributed by atoms with Crippen LogP contribution >= 0.6 is 0 Å². The van der Waals surface area contributed by atoms with E-state index >= 15 is 0 Å². The van der Waals surface area contributed by atoms with Crippen molar-refractivity contribution >= 4 is 17.8 Å². The second-order valence-electron chi connectivity index (χ2n) is 5.30. The molecular formula is C14H20N4O2. The van der Waals surface area contributed by atoms with Crippen LogP contribution in [0.2, 0.25) is 0 Å². The number of nitrogens with zero attached hydrogens (tertiary/aromatic N) is 2. The minimum Gasteiger partial charge on any atom is -0.338 e. The first-order valence-electron chi connectivity index (χ1n) is 6.76. The quantitative estimate of drug-likeness (QED) is 0.879. The molecule has 0 spiro atoms. The first-order valence-corrected chi connectivity index (χ1v) is 6.76. The fourth-order valence-electron chi connectivity index (χ4n) is 2.28. The molecule has 1 aromatic rings. The molecule has 2 N–H and O–H groups in total. The Morgan fingerprint density at radius 1 is 1.45 bits per heavy atom. The van der Waals surface area contributed by atoms with Gasteiger partial charge in [0.2, 0.25) is 5.91 Å². The normalized spacial score (nSPS) is 18.5. The average molecular weight is 276 g/mol. The van der Waals surface area contributed by atoms with Crippen molar-refractivity contribution in [2.75, 3.05) is 11.9 Å². The van der Waals surface area contributed by atoms with Crippen LogP contribution in [0.5, 0.6) is 0 Å². The second kappa shape index (κ2) is 5.90. The van der Waals surface area contributed by atoms with Gasteiger partial charge in [0.1, 0.15) is 5.82 Å². The highest BCUT2D eigenvalue weighted by atomic mass is 16.2. The number of carbonyl (C=O) groups excluding carboxylic acids is 2. The molecule has 2 rings (SSSR count). The molecule has 1 aliphatic rings. The molecule has 1 aromatic heterocycles. The molecule has 0 bridgehead atoms. The Labute approximate surface area is 118 Å². The number of amides is 3. The van der Waals surface area contributed by atoms with Crippen molar-refractivity contribution < 1.29 is 9.59 Å². The van der Waals surface area contributed by atoms with E-state index in [0.717, 1.165) is 5.69 Å². The Morgan fingerprint density at radius 3 is 2.80 bits per heavy atom. The van der Waals surface area contributed by atoms with E-state index in [-0.39, 0.29) is 24.0 Å². The van der Waals surface area contributed by atoms with E-state index in [1.165, 1.54) is 0 Å². The Balaban J connectivity index is 1.88. The van der Waals surface area contributed by atoms with Crippen molar-refractivity contribution in [2.45, 2.75) is 39.3 Å².